The molecule has 2 saturated heterocycles. The quantitative estimate of drug-likeness (QED) is 0.586. The lowest BCUT2D eigenvalue weighted by molar-refractivity contribution is -0.153. The summed E-state index contributed by atoms with van der Waals surface area (Å²) in [4.78, 5) is 34.3. The van der Waals surface area contributed by atoms with Crippen molar-refractivity contribution >= 4 is 11.9 Å². The molecule has 3 fully saturated rings. The van der Waals surface area contributed by atoms with Gasteiger partial charge in [0.25, 0.3) is 0 Å². The van der Waals surface area contributed by atoms with Gasteiger partial charge in [-0.2, -0.15) is 0 Å². The Morgan fingerprint density at radius 3 is 2.51 bits per heavy atom. The topological polar surface area (TPSA) is 83.0 Å². The van der Waals surface area contributed by atoms with Crippen LogP contribution in [0, 0.1) is 11.8 Å². The van der Waals surface area contributed by atoms with Crippen LogP contribution in [0.4, 0.5) is 0 Å². The molecule has 3 heterocycles. The number of piperidine rings is 1. The number of carbonyl (C=O) groups is 2. The minimum atomic E-state index is -0.894. The number of nitrogens with zero attached hydrogens (tertiary/aromatic N) is 3. The zero-order chi connectivity index (χ0) is 25.4. The molecule has 0 radical (unpaired) electrons. The SMILES string of the molecule is O=C(O)[C@H](c1ccccc1OC1CC1)N1CC(C(=O)N2CCC(Cc3ccc4c(n3)CCCC4)CC2)C1. The summed E-state index contributed by atoms with van der Waals surface area (Å²) in [7, 11) is 0. The predicted octanol–water partition coefficient (Wildman–Crippen LogP) is 4.04. The maximum absolute atomic E-state index is 13.2. The minimum Gasteiger partial charge on any atom is -0.490 e. The van der Waals surface area contributed by atoms with E-state index in [0.29, 0.717) is 30.3 Å². The van der Waals surface area contributed by atoms with Crippen LogP contribution < -0.4 is 4.74 Å². The Morgan fingerprint density at radius 2 is 1.76 bits per heavy atom. The number of amides is 1. The predicted molar refractivity (Wildman–Crippen MR) is 139 cm³/mol. The smallest absolute Gasteiger partial charge is 0.325 e. The molecule has 0 bridgehead atoms. The summed E-state index contributed by atoms with van der Waals surface area (Å²) in [6.45, 7) is 2.52. The van der Waals surface area contributed by atoms with Gasteiger partial charge in [-0.15, -0.1) is 0 Å². The number of likely N-dealkylation sites (tertiary alicyclic amines) is 2. The highest BCUT2D eigenvalue weighted by Gasteiger charge is 2.43. The second-order valence-corrected chi connectivity index (χ2v) is 11.3. The van der Waals surface area contributed by atoms with Crippen molar-refractivity contribution in [3.8, 4) is 5.75 Å². The van der Waals surface area contributed by atoms with Gasteiger partial charge in [-0.1, -0.05) is 24.3 Å². The lowest BCUT2D eigenvalue weighted by Crippen LogP contribution is -2.57. The van der Waals surface area contributed by atoms with Gasteiger partial charge in [0, 0.05) is 43.1 Å². The number of benzene rings is 1. The van der Waals surface area contributed by atoms with Gasteiger partial charge in [0.1, 0.15) is 11.8 Å². The van der Waals surface area contributed by atoms with Crippen LogP contribution >= 0.6 is 0 Å². The minimum absolute atomic E-state index is 0.128. The number of aliphatic carboxylic acids is 1. The normalized spacial score (nSPS) is 21.7. The maximum Gasteiger partial charge on any atom is 0.325 e. The van der Waals surface area contributed by atoms with Crippen molar-refractivity contribution in [3.05, 3.63) is 58.9 Å². The van der Waals surface area contributed by atoms with E-state index in [0.717, 1.165) is 58.0 Å². The average molecular weight is 504 g/mol. The van der Waals surface area contributed by atoms with Crippen LogP contribution in [0.25, 0.3) is 0 Å². The molecule has 4 aliphatic rings. The van der Waals surface area contributed by atoms with Crippen LogP contribution in [0.5, 0.6) is 5.75 Å². The molecule has 1 aromatic carbocycles. The molecule has 2 aliphatic carbocycles. The molecular weight excluding hydrogens is 466 g/mol. The Balaban J connectivity index is 1.01. The molecule has 0 spiro atoms. The molecule has 37 heavy (non-hydrogen) atoms. The molecule has 1 aromatic heterocycles. The molecule has 1 N–H and O–H groups in total. The Hall–Kier alpha value is -2.93. The summed E-state index contributed by atoms with van der Waals surface area (Å²) < 4.78 is 5.99. The van der Waals surface area contributed by atoms with Gasteiger partial charge in [-0.25, -0.2) is 0 Å². The number of rotatable bonds is 8. The van der Waals surface area contributed by atoms with E-state index < -0.39 is 12.0 Å². The monoisotopic (exact) mass is 503 g/mol. The Labute approximate surface area is 218 Å². The zero-order valence-electron chi connectivity index (χ0n) is 21.5. The number of pyridine rings is 1. The molecule has 6 rings (SSSR count). The van der Waals surface area contributed by atoms with Gasteiger partial charge in [-0.3, -0.25) is 19.5 Å². The number of carboxylic acids is 1. The molecule has 196 valence electrons. The third-order valence-electron chi connectivity index (χ3n) is 8.55. The number of aromatic nitrogens is 1. The van der Waals surface area contributed by atoms with E-state index in [2.05, 4.69) is 12.1 Å². The first-order valence-corrected chi connectivity index (χ1v) is 14.0. The van der Waals surface area contributed by atoms with Crippen LogP contribution in [-0.2, 0) is 28.9 Å². The van der Waals surface area contributed by atoms with E-state index >= 15 is 0 Å². The van der Waals surface area contributed by atoms with E-state index in [9.17, 15) is 14.7 Å². The summed E-state index contributed by atoms with van der Waals surface area (Å²) in [5.41, 5.74) is 4.61. The molecule has 7 heteroatoms. The molecule has 1 amide bonds. The lowest BCUT2D eigenvalue weighted by atomic mass is 9.88. The number of hydrogen-bond acceptors (Lipinski definition) is 5. The number of aryl methyl sites for hydroxylation is 2. The van der Waals surface area contributed by atoms with E-state index in [-0.39, 0.29) is 17.9 Å². The molecule has 0 unspecified atom stereocenters. The van der Waals surface area contributed by atoms with E-state index in [1.165, 1.54) is 29.8 Å². The first kappa shape index (κ1) is 24.4. The Bertz CT molecular complexity index is 1150. The van der Waals surface area contributed by atoms with Crippen molar-refractivity contribution in [1.82, 2.24) is 14.8 Å². The second-order valence-electron chi connectivity index (χ2n) is 11.3. The first-order chi connectivity index (χ1) is 18.0. The number of ether oxygens (including phenoxy) is 1. The fraction of sp³-hybridized carbons (Fsp3) is 0.567. The van der Waals surface area contributed by atoms with Gasteiger partial charge in [0.2, 0.25) is 5.91 Å². The van der Waals surface area contributed by atoms with Crippen LogP contribution in [0.1, 0.15) is 67.1 Å². The lowest BCUT2D eigenvalue weighted by Gasteiger charge is -2.44. The third kappa shape index (κ3) is 5.37. The van der Waals surface area contributed by atoms with E-state index in [1.807, 2.05) is 34.1 Å². The number of carboxylic acid groups (broad SMARTS) is 1. The van der Waals surface area contributed by atoms with Crippen molar-refractivity contribution in [2.45, 2.75) is 69.9 Å². The van der Waals surface area contributed by atoms with Gasteiger partial charge in [-0.05, 0) is 81.4 Å². The molecular formula is C30H37N3O4. The van der Waals surface area contributed by atoms with Crippen LogP contribution in [0.2, 0.25) is 0 Å². The molecule has 1 atom stereocenters. The van der Waals surface area contributed by atoms with Crippen LogP contribution in [-0.4, -0.2) is 64.0 Å². The molecule has 7 nitrogen and oxygen atoms in total. The number of fused-ring (bicyclic) bond motifs is 1. The summed E-state index contributed by atoms with van der Waals surface area (Å²) >= 11 is 0. The summed E-state index contributed by atoms with van der Waals surface area (Å²) in [5, 5.41) is 10.0. The maximum atomic E-state index is 13.2. The molecule has 2 aliphatic heterocycles. The number of carbonyl (C=O) groups excluding carboxylic acids is 1. The van der Waals surface area contributed by atoms with Crippen molar-refractivity contribution < 1.29 is 19.4 Å². The molecule has 1 saturated carbocycles. The van der Waals surface area contributed by atoms with Gasteiger partial charge >= 0.3 is 5.97 Å². The fourth-order valence-corrected chi connectivity index (χ4v) is 6.20. The van der Waals surface area contributed by atoms with Crippen LogP contribution in [0.15, 0.2) is 36.4 Å². The molecule has 2 aromatic rings. The highest BCUT2D eigenvalue weighted by molar-refractivity contribution is 5.82. The average Bonchev–Trinajstić information content (AvgIpc) is 3.70. The van der Waals surface area contributed by atoms with Gasteiger partial charge < -0.3 is 14.7 Å². The number of hydrogen-bond donors (Lipinski definition) is 1. The van der Waals surface area contributed by atoms with Crippen LogP contribution in [0.3, 0.4) is 0 Å². The standard InChI is InChI=1S/C30H37N3O4/c34-29(32-15-13-20(14-16-32)17-23-10-9-21-5-1-3-7-26(21)31-23)22-18-33(19-22)28(30(35)36)25-6-2-4-8-27(25)37-24-11-12-24/h2,4,6,8-10,20,22,24,28H,1,3,5,7,11-19H2,(H,35,36)/t28-/m0/s1. The summed E-state index contributed by atoms with van der Waals surface area (Å²) in [6, 6.07) is 11.1. The Morgan fingerprint density at radius 1 is 1.00 bits per heavy atom. The highest BCUT2D eigenvalue weighted by Crippen LogP contribution is 2.37. The van der Waals surface area contributed by atoms with Crippen molar-refractivity contribution in [3.63, 3.8) is 0 Å². The largest absolute Gasteiger partial charge is 0.490 e. The van der Waals surface area contributed by atoms with Crippen molar-refractivity contribution in [1.29, 1.82) is 0 Å². The van der Waals surface area contributed by atoms with Gasteiger partial charge in [0.05, 0.1) is 12.0 Å². The first-order valence-electron chi connectivity index (χ1n) is 14.0. The third-order valence-corrected chi connectivity index (χ3v) is 8.55. The van der Waals surface area contributed by atoms with E-state index in [1.54, 1.807) is 0 Å². The highest BCUT2D eigenvalue weighted by atomic mass is 16.5. The summed E-state index contributed by atoms with van der Waals surface area (Å²) in [5.74, 6) is 0.373. The second kappa shape index (κ2) is 10.4. The van der Waals surface area contributed by atoms with Crippen molar-refractivity contribution in [2.75, 3.05) is 26.2 Å². The fourth-order valence-electron chi connectivity index (χ4n) is 6.20. The Kier molecular flexibility index (Phi) is 6.89. The zero-order valence-corrected chi connectivity index (χ0v) is 21.5. The number of para-hydroxylation sites is 1. The van der Waals surface area contributed by atoms with Gasteiger partial charge in [0.15, 0.2) is 0 Å². The summed E-state index contributed by atoms with van der Waals surface area (Å²) in [6.07, 6.45) is 10.0. The van der Waals surface area contributed by atoms with E-state index in [4.69, 9.17) is 9.72 Å². The van der Waals surface area contributed by atoms with Crippen molar-refractivity contribution in [2.24, 2.45) is 11.8 Å².